The third-order valence-corrected chi connectivity index (χ3v) is 7.88. The second kappa shape index (κ2) is 8.65. The molecule has 2 aromatic carbocycles. The summed E-state index contributed by atoms with van der Waals surface area (Å²) in [7, 11) is -1.34. The van der Waals surface area contributed by atoms with Crippen LogP contribution in [-0.4, -0.2) is 59.5 Å². The van der Waals surface area contributed by atoms with Gasteiger partial charge in [0.25, 0.3) is 0 Å². The molecule has 1 aliphatic heterocycles. The van der Waals surface area contributed by atoms with Gasteiger partial charge in [0.05, 0.1) is 28.6 Å². The van der Waals surface area contributed by atoms with Crippen molar-refractivity contribution in [3.05, 3.63) is 60.7 Å². The van der Waals surface area contributed by atoms with Crippen molar-refractivity contribution in [1.82, 2.24) is 14.9 Å². The summed E-state index contributed by atoms with van der Waals surface area (Å²) in [5, 5.41) is 0.661. The summed E-state index contributed by atoms with van der Waals surface area (Å²) in [6.45, 7) is 0. The zero-order valence-electron chi connectivity index (χ0n) is 16.6. The molecule has 0 bridgehead atoms. The van der Waals surface area contributed by atoms with Crippen LogP contribution in [0.1, 0.15) is 6.42 Å². The van der Waals surface area contributed by atoms with Crippen LogP contribution < -0.4 is 0 Å². The first-order chi connectivity index (χ1) is 14.4. The molecule has 8 heteroatoms. The molecular formula is C22H23N3O3S2. The Bertz CT molecular complexity index is 1070. The van der Waals surface area contributed by atoms with E-state index in [9.17, 15) is 13.2 Å². The third kappa shape index (κ3) is 4.60. The molecular weight excluding hydrogens is 418 g/mol. The van der Waals surface area contributed by atoms with Crippen molar-refractivity contribution in [2.45, 2.75) is 17.6 Å². The van der Waals surface area contributed by atoms with E-state index in [4.69, 9.17) is 4.98 Å². The highest BCUT2D eigenvalue weighted by atomic mass is 32.2. The minimum absolute atomic E-state index is 0.0525. The van der Waals surface area contributed by atoms with Crippen LogP contribution in [0.3, 0.4) is 0 Å². The molecule has 0 aliphatic carbocycles. The highest BCUT2D eigenvalue weighted by Crippen LogP contribution is 2.32. The molecule has 3 aromatic rings. The molecule has 1 fully saturated rings. The Morgan fingerprint density at radius 1 is 1.10 bits per heavy atom. The van der Waals surface area contributed by atoms with Crippen LogP contribution in [0.5, 0.6) is 0 Å². The Morgan fingerprint density at radius 2 is 1.73 bits per heavy atom. The van der Waals surface area contributed by atoms with Gasteiger partial charge in [-0.3, -0.25) is 4.79 Å². The minimum Gasteiger partial charge on any atom is -0.341 e. The summed E-state index contributed by atoms with van der Waals surface area (Å²) >= 11 is 1.33. The van der Waals surface area contributed by atoms with Crippen molar-refractivity contribution >= 4 is 27.5 Å². The molecule has 2 heterocycles. The monoisotopic (exact) mass is 441 g/mol. The van der Waals surface area contributed by atoms with Crippen molar-refractivity contribution in [3.63, 3.8) is 0 Å². The van der Waals surface area contributed by atoms with Crippen LogP contribution in [0.25, 0.3) is 22.5 Å². The molecule has 1 aliphatic rings. The zero-order valence-corrected chi connectivity index (χ0v) is 18.2. The smallest absolute Gasteiger partial charge is 0.233 e. The second-order valence-corrected chi connectivity index (χ2v) is 10.5. The van der Waals surface area contributed by atoms with Gasteiger partial charge < -0.3 is 9.88 Å². The standard InChI is InChI=1S/C22H23N3O3S2/c1-25(18-12-13-30(27,28)15-18)19(26)14-29-22-23-20(16-8-4-2-5-9-16)21(24-22)17-10-6-3-7-11-17/h2-11,18H,12-15H2,1H3,(H,23,24). The SMILES string of the molecule is CN(C(=O)CSc1nc(-c2ccccc2)c(-c2ccccc2)[nH]1)C1CCS(=O)(=O)C1. The molecule has 156 valence electrons. The molecule has 0 spiro atoms. The Labute approximate surface area is 180 Å². The van der Waals surface area contributed by atoms with Crippen molar-refractivity contribution in [2.24, 2.45) is 0 Å². The van der Waals surface area contributed by atoms with Gasteiger partial charge in [0.1, 0.15) is 0 Å². The number of benzene rings is 2. The molecule has 30 heavy (non-hydrogen) atoms. The topological polar surface area (TPSA) is 83.1 Å². The van der Waals surface area contributed by atoms with Gasteiger partial charge in [-0.05, 0) is 6.42 Å². The van der Waals surface area contributed by atoms with E-state index in [1.54, 1.807) is 11.9 Å². The lowest BCUT2D eigenvalue weighted by Gasteiger charge is -2.22. The van der Waals surface area contributed by atoms with E-state index in [1.165, 1.54) is 11.8 Å². The Kier molecular flexibility index (Phi) is 5.97. The Morgan fingerprint density at radius 3 is 2.33 bits per heavy atom. The molecule has 1 unspecified atom stereocenters. The average Bonchev–Trinajstić information content (AvgIpc) is 3.36. The summed E-state index contributed by atoms with van der Waals surface area (Å²) in [4.78, 5) is 22.3. The molecule has 1 aromatic heterocycles. The van der Waals surface area contributed by atoms with Crippen LogP contribution >= 0.6 is 11.8 Å². The van der Waals surface area contributed by atoms with E-state index in [1.807, 2.05) is 60.7 Å². The first-order valence-electron chi connectivity index (χ1n) is 9.73. The largest absolute Gasteiger partial charge is 0.341 e. The summed E-state index contributed by atoms with van der Waals surface area (Å²) in [5.74, 6) is 0.308. The van der Waals surface area contributed by atoms with Gasteiger partial charge in [-0.2, -0.15) is 0 Å². The molecule has 6 nitrogen and oxygen atoms in total. The lowest BCUT2D eigenvalue weighted by Crippen LogP contribution is -2.38. The van der Waals surface area contributed by atoms with Crippen LogP contribution in [0.2, 0.25) is 0 Å². The normalized spacial score (nSPS) is 17.7. The highest BCUT2D eigenvalue weighted by molar-refractivity contribution is 7.99. The van der Waals surface area contributed by atoms with Crippen molar-refractivity contribution < 1.29 is 13.2 Å². The van der Waals surface area contributed by atoms with E-state index in [0.717, 1.165) is 22.5 Å². The number of carbonyl (C=O) groups is 1. The fraction of sp³-hybridized carbons (Fsp3) is 0.273. The molecule has 1 atom stereocenters. The van der Waals surface area contributed by atoms with Crippen LogP contribution in [0.15, 0.2) is 65.8 Å². The second-order valence-electron chi connectivity index (χ2n) is 7.35. The highest BCUT2D eigenvalue weighted by Gasteiger charge is 2.32. The maximum absolute atomic E-state index is 12.6. The van der Waals surface area contributed by atoms with Gasteiger partial charge in [0.2, 0.25) is 5.91 Å². The van der Waals surface area contributed by atoms with E-state index >= 15 is 0 Å². The number of aromatic amines is 1. The molecule has 1 amide bonds. The maximum Gasteiger partial charge on any atom is 0.233 e. The Balaban J connectivity index is 1.52. The number of sulfone groups is 1. The lowest BCUT2D eigenvalue weighted by atomic mass is 10.1. The van der Waals surface area contributed by atoms with Crippen molar-refractivity contribution in [3.8, 4) is 22.5 Å². The van der Waals surface area contributed by atoms with Crippen LogP contribution in [-0.2, 0) is 14.6 Å². The quantitative estimate of drug-likeness (QED) is 0.592. The minimum atomic E-state index is -3.02. The van der Waals surface area contributed by atoms with Gasteiger partial charge >= 0.3 is 0 Å². The number of hydrogen-bond donors (Lipinski definition) is 1. The van der Waals surface area contributed by atoms with E-state index in [0.29, 0.717) is 11.6 Å². The molecule has 0 radical (unpaired) electrons. The van der Waals surface area contributed by atoms with Gasteiger partial charge in [-0.25, -0.2) is 13.4 Å². The van der Waals surface area contributed by atoms with Crippen LogP contribution in [0.4, 0.5) is 0 Å². The van der Waals surface area contributed by atoms with Crippen molar-refractivity contribution in [2.75, 3.05) is 24.3 Å². The number of hydrogen-bond acceptors (Lipinski definition) is 5. The summed E-state index contributed by atoms with van der Waals surface area (Å²) < 4.78 is 23.4. The van der Waals surface area contributed by atoms with E-state index in [-0.39, 0.29) is 29.2 Å². The number of aromatic nitrogens is 2. The molecule has 1 N–H and O–H groups in total. The number of nitrogens with zero attached hydrogens (tertiary/aromatic N) is 2. The fourth-order valence-corrected chi connectivity index (χ4v) is 6.12. The number of rotatable bonds is 6. The van der Waals surface area contributed by atoms with Gasteiger partial charge in [-0.1, -0.05) is 72.4 Å². The van der Waals surface area contributed by atoms with E-state index < -0.39 is 9.84 Å². The third-order valence-electron chi connectivity index (χ3n) is 5.27. The van der Waals surface area contributed by atoms with Gasteiger partial charge in [-0.15, -0.1) is 0 Å². The number of nitrogens with one attached hydrogen (secondary N) is 1. The zero-order chi connectivity index (χ0) is 21.1. The predicted molar refractivity (Wildman–Crippen MR) is 120 cm³/mol. The van der Waals surface area contributed by atoms with Gasteiger partial charge in [0, 0.05) is 24.2 Å². The first-order valence-corrected chi connectivity index (χ1v) is 12.5. The summed E-state index contributed by atoms with van der Waals surface area (Å²) in [5.41, 5.74) is 3.77. The molecule has 0 saturated carbocycles. The first kappa shape index (κ1) is 20.7. The number of imidazole rings is 1. The van der Waals surface area contributed by atoms with E-state index in [2.05, 4.69) is 4.98 Å². The number of amides is 1. The maximum atomic E-state index is 12.6. The predicted octanol–water partition coefficient (Wildman–Crippen LogP) is 3.48. The lowest BCUT2D eigenvalue weighted by molar-refractivity contribution is -0.128. The number of thioether (sulfide) groups is 1. The average molecular weight is 442 g/mol. The molecule has 1 saturated heterocycles. The fourth-order valence-electron chi connectivity index (χ4n) is 3.55. The number of carbonyl (C=O) groups excluding carboxylic acids is 1. The van der Waals surface area contributed by atoms with Gasteiger partial charge in [0.15, 0.2) is 15.0 Å². The summed E-state index contributed by atoms with van der Waals surface area (Å²) in [6, 6.07) is 19.7. The molecule has 4 rings (SSSR count). The Hall–Kier alpha value is -2.58. The van der Waals surface area contributed by atoms with Crippen LogP contribution in [0, 0.1) is 0 Å². The summed E-state index contributed by atoms with van der Waals surface area (Å²) in [6.07, 6.45) is 0.506. The van der Waals surface area contributed by atoms with Crippen molar-refractivity contribution in [1.29, 1.82) is 0 Å². The number of H-pyrrole nitrogens is 1.